The maximum atomic E-state index is 11.7. The number of carbonyl (C=O) groups is 1. The Bertz CT molecular complexity index is 663. The minimum Gasteiger partial charge on any atom is -0.505 e. The highest BCUT2D eigenvalue weighted by Gasteiger charge is 2.15. The summed E-state index contributed by atoms with van der Waals surface area (Å²) in [6.45, 7) is 2.38. The van der Waals surface area contributed by atoms with Gasteiger partial charge >= 0.3 is 11.7 Å². The van der Waals surface area contributed by atoms with Crippen molar-refractivity contribution >= 4 is 22.7 Å². The number of carbonyl (C=O) groups excluding carboxylic acids is 1. The molecular formula is C13H14N2O4. The standard InChI is InChI=1S/C13H14N2O4/c1-2-7-14-13(18)15-10-11(16)8-5-3-4-6-9(8)19-12(10)17/h3-6,16H,2,7H2,1H3,(H2,14,15,18). The lowest BCUT2D eigenvalue weighted by Crippen LogP contribution is -2.31. The topological polar surface area (TPSA) is 91.6 Å². The number of hydrogen-bond donors (Lipinski definition) is 3. The highest BCUT2D eigenvalue weighted by Crippen LogP contribution is 2.29. The smallest absolute Gasteiger partial charge is 0.364 e. The molecule has 0 radical (unpaired) electrons. The monoisotopic (exact) mass is 262 g/mol. The van der Waals surface area contributed by atoms with Crippen molar-refractivity contribution in [1.82, 2.24) is 5.32 Å². The highest BCUT2D eigenvalue weighted by atomic mass is 16.4. The van der Waals surface area contributed by atoms with Crippen molar-refractivity contribution in [1.29, 1.82) is 0 Å². The first-order valence-electron chi connectivity index (χ1n) is 5.93. The van der Waals surface area contributed by atoms with Crippen LogP contribution in [0.4, 0.5) is 10.5 Å². The summed E-state index contributed by atoms with van der Waals surface area (Å²) < 4.78 is 5.02. The third kappa shape index (κ3) is 2.67. The van der Waals surface area contributed by atoms with E-state index in [1.54, 1.807) is 24.3 Å². The maximum Gasteiger partial charge on any atom is 0.364 e. The van der Waals surface area contributed by atoms with E-state index in [-0.39, 0.29) is 17.0 Å². The van der Waals surface area contributed by atoms with Crippen molar-refractivity contribution in [2.24, 2.45) is 0 Å². The predicted molar refractivity (Wildman–Crippen MR) is 71.5 cm³/mol. The third-order valence-electron chi connectivity index (χ3n) is 2.56. The zero-order valence-electron chi connectivity index (χ0n) is 10.4. The molecule has 1 aromatic heterocycles. The number of urea groups is 1. The molecule has 0 spiro atoms. The van der Waals surface area contributed by atoms with Crippen molar-refractivity contribution < 1.29 is 14.3 Å². The van der Waals surface area contributed by atoms with E-state index in [1.807, 2.05) is 6.92 Å². The van der Waals surface area contributed by atoms with Crippen LogP contribution in [0.1, 0.15) is 13.3 Å². The van der Waals surface area contributed by atoms with Gasteiger partial charge < -0.3 is 14.8 Å². The van der Waals surface area contributed by atoms with Gasteiger partial charge in [0.1, 0.15) is 5.58 Å². The molecule has 0 saturated heterocycles. The number of amides is 2. The van der Waals surface area contributed by atoms with E-state index < -0.39 is 11.7 Å². The van der Waals surface area contributed by atoms with Crippen LogP contribution >= 0.6 is 0 Å². The average Bonchev–Trinajstić information content (AvgIpc) is 2.41. The van der Waals surface area contributed by atoms with E-state index in [2.05, 4.69) is 10.6 Å². The zero-order valence-corrected chi connectivity index (χ0v) is 10.4. The Morgan fingerprint density at radius 3 is 2.84 bits per heavy atom. The molecule has 0 fully saturated rings. The van der Waals surface area contributed by atoms with Crippen LogP contribution in [0.15, 0.2) is 33.5 Å². The van der Waals surface area contributed by atoms with Gasteiger partial charge in [-0.05, 0) is 18.6 Å². The first-order chi connectivity index (χ1) is 9.13. The fraction of sp³-hybridized carbons (Fsp3) is 0.231. The maximum absolute atomic E-state index is 11.7. The lowest BCUT2D eigenvalue weighted by Gasteiger charge is -2.08. The lowest BCUT2D eigenvalue weighted by atomic mass is 10.2. The fourth-order valence-electron chi connectivity index (χ4n) is 1.64. The second kappa shape index (κ2) is 5.43. The molecule has 6 nitrogen and oxygen atoms in total. The second-order valence-electron chi connectivity index (χ2n) is 3.99. The quantitative estimate of drug-likeness (QED) is 0.738. The van der Waals surface area contributed by atoms with E-state index in [4.69, 9.17) is 4.42 Å². The third-order valence-corrected chi connectivity index (χ3v) is 2.56. The van der Waals surface area contributed by atoms with Gasteiger partial charge in [-0.15, -0.1) is 0 Å². The number of anilines is 1. The lowest BCUT2D eigenvalue weighted by molar-refractivity contribution is 0.252. The molecule has 1 heterocycles. The van der Waals surface area contributed by atoms with Gasteiger partial charge in [0, 0.05) is 6.54 Å². The van der Waals surface area contributed by atoms with Crippen molar-refractivity contribution in [2.75, 3.05) is 11.9 Å². The molecule has 1 aromatic carbocycles. The average molecular weight is 262 g/mol. The molecule has 0 saturated carbocycles. The molecule has 0 unspecified atom stereocenters. The second-order valence-corrected chi connectivity index (χ2v) is 3.99. The van der Waals surface area contributed by atoms with Gasteiger partial charge in [-0.2, -0.15) is 0 Å². The van der Waals surface area contributed by atoms with E-state index in [0.717, 1.165) is 6.42 Å². The van der Waals surface area contributed by atoms with Crippen LogP contribution in [0.2, 0.25) is 0 Å². The van der Waals surface area contributed by atoms with E-state index in [9.17, 15) is 14.7 Å². The number of rotatable bonds is 3. The SMILES string of the molecule is CCCNC(=O)Nc1c(O)c2ccccc2oc1=O. The van der Waals surface area contributed by atoms with Crippen molar-refractivity contribution in [3.63, 3.8) is 0 Å². The summed E-state index contributed by atoms with van der Waals surface area (Å²) in [6, 6.07) is 5.99. The van der Waals surface area contributed by atoms with Gasteiger partial charge in [0.05, 0.1) is 5.39 Å². The van der Waals surface area contributed by atoms with Gasteiger partial charge in [-0.1, -0.05) is 19.1 Å². The molecule has 2 aromatic rings. The Balaban J connectivity index is 2.38. The summed E-state index contributed by atoms with van der Waals surface area (Å²) in [5, 5.41) is 15.2. The van der Waals surface area contributed by atoms with Gasteiger partial charge in [0.25, 0.3) is 0 Å². The summed E-state index contributed by atoms with van der Waals surface area (Å²) in [4.78, 5) is 23.2. The predicted octanol–water partition coefficient (Wildman–Crippen LogP) is 2.03. The Morgan fingerprint density at radius 1 is 1.37 bits per heavy atom. The normalized spacial score (nSPS) is 10.4. The molecule has 6 heteroatoms. The van der Waals surface area contributed by atoms with Crippen molar-refractivity contribution in [3.05, 3.63) is 34.7 Å². The van der Waals surface area contributed by atoms with Crippen LogP contribution in [0.3, 0.4) is 0 Å². The van der Waals surface area contributed by atoms with Gasteiger partial charge in [-0.3, -0.25) is 5.32 Å². The first-order valence-corrected chi connectivity index (χ1v) is 5.93. The number of nitrogens with one attached hydrogen (secondary N) is 2. The molecular weight excluding hydrogens is 248 g/mol. The van der Waals surface area contributed by atoms with Crippen LogP contribution in [-0.2, 0) is 0 Å². The van der Waals surface area contributed by atoms with Crippen LogP contribution in [0, 0.1) is 0 Å². The molecule has 0 bridgehead atoms. The molecule has 100 valence electrons. The summed E-state index contributed by atoms with van der Waals surface area (Å²) in [7, 11) is 0. The minimum atomic E-state index is -0.789. The Kier molecular flexibility index (Phi) is 3.70. The van der Waals surface area contributed by atoms with Gasteiger partial charge in [-0.25, -0.2) is 9.59 Å². The van der Waals surface area contributed by atoms with E-state index in [1.165, 1.54) is 0 Å². The van der Waals surface area contributed by atoms with Crippen LogP contribution in [0.25, 0.3) is 11.0 Å². The Labute approximate surface area is 109 Å². The first kappa shape index (κ1) is 12.9. The molecule has 3 N–H and O–H groups in total. The number of hydrogen-bond acceptors (Lipinski definition) is 4. The number of benzene rings is 1. The summed E-state index contributed by atoms with van der Waals surface area (Å²) >= 11 is 0. The minimum absolute atomic E-state index is 0.257. The molecule has 0 aliphatic heterocycles. The molecule has 2 amide bonds. The molecule has 0 atom stereocenters. The van der Waals surface area contributed by atoms with E-state index in [0.29, 0.717) is 11.9 Å². The molecule has 0 aliphatic rings. The molecule has 0 aliphatic carbocycles. The van der Waals surface area contributed by atoms with Crippen LogP contribution in [0.5, 0.6) is 5.75 Å². The molecule has 2 rings (SSSR count). The highest BCUT2D eigenvalue weighted by molar-refractivity contribution is 5.95. The van der Waals surface area contributed by atoms with Gasteiger partial charge in [0.15, 0.2) is 11.4 Å². The zero-order chi connectivity index (χ0) is 13.8. The Morgan fingerprint density at radius 2 is 2.11 bits per heavy atom. The molecule has 19 heavy (non-hydrogen) atoms. The van der Waals surface area contributed by atoms with E-state index >= 15 is 0 Å². The number of aromatic hydroxyl groups is 1. The fourth-order valence-corrected chi connectivity index (χ4v) is 1.64. The summed E-state index contributed by atoms with van der Waals surface area (Å²) in [6.07, 6.45) is 0.770. The van der Waals surface area contributed by atoms with Crippen molar-refractivity contribution in [2.45, 2.75) is 13.3 Å². The Hall–Kier alpha value is -2.50. The van der Waals surface area contributed by atoms with Gasteiger partial charge in [0.2, 0.25) is 0 Å². The van der Waals surface area contributed by atoms with Crippen molar-refractivity contribution in [3.8, 4) is 5.75 Å². The number of para-hydroxylation sites is 1. The number of fused-ring (bicyclic) bond motifs is 1. The summed E-state index contributed by atoms with van der Waals surface area (Å²) in [5.74, 6) is -0.293. The largest absolute Gasteiger partial charge is 0.505 e. The summed E-state index contributed by atoms with van der Waals surface area (Å²) in [5.41, 5.74) is -0.778. The van der Waals surface area contributed by atoms with Crippen LogP contribution in [-0.4, -0.2) is 17.7 Å². The van der Waals surface area contributed by atoms with Crippen LogP contribution < -0.4 is 16.3 Å².